The van der Waals surface area contributed by atoms with Gasteiger partial charge in [-0.15, -0.1) is 0 Å². The average molecular weight is 195 g/mol. The van der Waals surface area contributed by atoms with E-state index in [4.69, 9.17) is 9.84 Å². The molecule has 0 aromatic heterocycles. The Balaban J connectivity index is 1.99. The van der Waals surface area contributed by atoms with Crippen LogP contribution in [-0.2, 0) is 4.74 Å². The van der Waals surface area contributed by atoms with Gasteiger partial charge in [-0.3, -0.25) is 0 Å². The van der Waals surface area contributed by atoms with E-state index in [-0.39, 0.29) is 12.6 Å². The molecule has 0 aromatic carbocycles. The molecule has 0 aliphatic carbocycles. The number of aliphatic hydroxyl groups excluding tert-OH is 1. The highest BCUT2D eigenvalue weighted by Crippen LogP contribution is 2.10. The quantitative estimate of drug-likeness (QED) is 0.666. The van der Waals surface area contributed by atoms with Gasteiger partial charge < -0.3 is 15.2 Å². The first kappa shape index (κ1) is 10.8. The third kappa shape index (κ3) is 3.97. The largest absolute Gasteiger partial charge is 0.386 e. The van der Waals surface area contributed by atoms with Crippen LogP contribution in [-0.4, -0.2) is 43.4 Å². The van der Waals surface area contributed by atoms with E-state index >= 15 is 0 Å². The normalized spacial score (nSPS) is 25.4. The molecule has 0 saturated carbocycles. The van der Waals surface area contributed by atoms with E-state index < -0.39 is 12.5 Å². The molecule has 1 fully saturated rings. The Morgan fingerprint density at radius 1 is 1.54 bits per heavy atom. The fraction of sp³-hybridized carbons (Fsp3) is 1.00. The number of nitrogens with one attached hydrogen (secondary N) is 1. The molecular weight excluding hydrogens is 180 g/mol. The standard InChI is InChI=1S/C8H15F2NO2/c9-8(10)7(12)5-11-4-6-2-1-3-13-6/h6-8,11-12H,1-5H2. The summed E-state index contributed by atoms with van der Waals surface area (Å²) in [4.78, 5) is 0. The predicted molar refractivity (Wildman–Crippen MR) is 43.9 cm³/mol. The molecule has 2 N–H and O–H groups in total. The van der Waals surface area contributed by atoms with Crippen LogP contribution in [0.15, 0.2) is 0 Å². The molecule has 13 heavy (non-hydrogen) atoms. The molecule has 2 unspecified atom stereocenters. The molecule has 1 aliphatic rings. The van der Waals surface area contributed by atoms with Crippen LogP contribution in [0, 0.1) is 0 Å². The first-order chi connectivity index (χ1) is 6.20. The van der Waals surface area contributed by atoms with Gasteiger partial charge in [0, 0.05) is 19.7 Å². The Morgan fingerprint density at radius 3 is 2.85 bits per heavy atom. The summed E-state index contributed by atoms with van der Waals surface area (Å²) in [6.07, 6.45) is -2.11. The molecule has 5 heteroatoms. The number of ether oxygens (including phenoxy) is 1. The van der Waals surface area contributed by atoms with E-state index in [2.05, 4.69) is 5.32 Å². The lowest BCUT2D eigenvalue weighted by Crippen LogP contribution is -2.36. The Bertz CT molecular complexity index is 138. The van der Waals surface area contributed by atoms with Gasteiger partial charge in [0.1, 0.15) is 6.10 Å². The second-order valence-electron chi connectivity index (χ2n) is 3.20. The Kier molecular flexibility index (Phi) is 4.55. The Labute approximate surface area is 76.1 Å². The van der Waals surface area contributed by atoms with Crippen molar-refractivity contribution < 1.29 is 18.6 Å². The SMILES string of the molecule is OC(CNCC1CCCO1)C(F)F. The van der Waals surface area contributed by atoms with E-state index in [0.29, 0.717) is 6.54 Å². The number of rotatable bonds is 5. The van der Waals surface area contributed by atoms with Gasteiger partial charge in [-0.05, 0) is 12.8 Å². The summed E-state index contributed by atoms with van der Waals surface area (Å²) in [5, 5.41) is 11.5. The van der Waals surface area contributed by atoms with E-state index in [0.717, 1.165) is 19.4 Å². The van der Waals surface area contributed by atoms with Gasteiger partial charge in [0.2, 0.25) is 0 Å². The van der Waals surface area contributed by atoms with E-state index in [1.54, 1.807) is 0 Å². The lowest BCUT2D eigenvalue weighted by Gasteiger charge is -2.13. The molecule has 0 radical (unpaired) electrons. The molecule has 1 saturated heterocycles. The smallest absolute Gasteiger partial charge is 0.265 e. The summed E-state index contributed by atoms with van der Waals surface area (Å²) in [5.41, 5.74) is 0. The summed E-state index contributed by atoms with van der Waals surface area (Å²) in [6, 6.07) is 0. The maximum atomic E-state index is 11.8. The molecule has 1 aliphatic heterocycles. The van der Waals surface area contributed by atoms with Crippen LogP contribution in [0.2, 0.25) is 0 Å². The Hall–Kier alpha value is -0.260. The van der Waals surface area contributed by atoms with Gasteiger partial charge in [-0.1, -0.05) is 0 Å². The molecule has 0 aromatic rings. The fourth-order valence-corrected chi connectivity index (χ4v) is 1.29. The van der Waals surface area contributed by atoms with E-state index in [1.807, 2.05) is 0 Å². The van der Waals surface area contributed by atoms with Gasteiger partial charge in [-0.2, -0.15) is 0 Å². The van der Waals surface area contributed by atoms with Crippen molar-refractivity contribution in [2.75, 3.05) is 19.7 Å². The fourth-order valence-electron chi connectivity index (χ4n) is 1.29. The van der Waals surface area contributed by atoms with Crippen LogP contribution in [0.3, 0.4) is 0 Å². The second-order valence-corrected chi connectivity index (χ2v) is 3.20. The lowest BCUT2D eigenvalue weighted by atomic mass is 10.2. The predicted octanol–water partition coefficient (Wildman–Crippen LogP) is 0.381. The van der Waals surface area contributed by atoms with Crippen LogP contribution in [0.25, 0.3) is 0 Å². The third-order valence-corrected chi connectivity index (χ3v) is 2.04. The minimum Gasteiger partial charge on any atom is -0.386 e. The van der Waals surface area contributed by atoms with Gasteiger partial charge in [0.25, 0.3) is 6.43 Å². The maximum Gasteiger partial charge on any atom is 0.265 e. The van der Waals surface area contributed by atoms with Crippen molar-refractivity contribution in [2.24, 2.45) is 0 Å². The number of hydrogen-bond donors (Lipinski definition) is 2. The van der Waals surface area contributed by atoms with Crippen LogP contribution >= 0.6 is 0 Å². The molecule has 0 spiro atoms. The van der Waals surface area contributed by atoms with Crippen molar-refractivity contribution in [2.45, 2.75) is 31.5 Å². The first-order valence-corrected chi connectivity index (χ1v) is 4.48. The highest BCUT2D eigenvalue weighted by atomic mass is 19.3. The number of aliphatic hydroxyl groups is 1. The zero-order valence-corrected chi connectivity index (χ0v) is 7.38. The summed E-state index contributed by atoms with van der Waals surface area (Å²) in [5.74, 6) is 0. The maximum absolute atomic E-state index is 11.8. The second kappa shape index (κ2) is 5.47. The molecule has 2 atom stereocenters. The molecule has 1 heterocycles. The van der Waals surface area contributed by atoms with Crippen LogP contribution < -0.4 is 5.32 Å². The molecular formula is C8H15F2NO2. The minimum absolute atomic E-state index is 0.0719. The van der Waals surface area contributed by atoms with Gasteiger partial charge in [-0.25, -0.2) is 8.78 Å². The van der Waals surface area contributed by atoms with Crippen molar-refractivity contribution in [3.8, 4) is 0 Å². The van der Waals surface area contributed by atoms with Gasteiger partial charge >= 0.3 is 0 Å². The van der Waals surface area contributed by atoms with Crippen molar-refractivity contribution in [3.05, 3.63) is 0 Å². The summed E-state index contributed by atoms with van der Waals surface area (Å²) in [7, 11) is 0. The minimum atomic E-state index is -2.67. The third-order valence-electron chi connectivity index (χ3n) is 2.04. The van der Waals surface area contributed by atoms with Crippen molar-refractivity contribution in [3.63, 3.8) is 0 Å². The number of halogens is 2. The van der Waals surface area contributed by atoms with Crippen molar-refractivity contribution >= 4 is 0 Å². The number of alkyl halides is 2. The van der Waals surface area contributed by atoms with Crippen molar-refractivity contribution in [1.29, 1.82) is 0 Å². The Morgan fingerprint density at radius 2 is 2.31 bits per heavy atom. The molecule has 0 amide bonds. The van der Waals surface area contributed by atoms with E-state index in [9.17, 15) is 8.78 Å². The average Bonchev–Trinajstić information content (AvgIpc) is 2.56. The van der Waals surface area contributed by atoms with Gasteiger partial charge in [0.15, 0.2) is 0 Å². The summed E-state index contributed by atoms with van der Waals surface area (Å²) < 4.78 is 28.9. The monoisotopic (exact) mass is 195 g/mol. The highest BCUT2D eigenvalue weighted by Gasteiger charge is 2.18. The first-order valence-electron chi connectivity index (χ1n) is 4.48. The zero-order chi connectivity index (χ0) is 9.68. The van der Waals surface area contributed by atoms with Gasteiger partial charge in [0.05, 0.1) is 6.10 Å². The number of hydrogen-bond acceptors (Lipinski definition) is 3. The zero-order valence-electron chi connectivity index (χ0n) is 7.38. The molecule has 0 bridgehead atoms. The molecule has 1 rings (SSSR count). The van der Waals surface area contributed by atoms with Crippen molar-refractivity contribution in [1.82, 2.24) is 5.32 Å². The summed E-state index contributed by atoms with van der Waals surface area (Å²) >= 11 is 0. The van der Waals surface area contributed by atoms with Crippen LogP contribution in [0.4, 0.5) is 8.78 Å². The molecule has 3 nitrogen and oxygen atoms in total. The summed E-state index contributed by atoms with van der Waals surface area (Å²) in [6.45, 7) is 1.23. The molecule has 78 valence electrons. The van der Waals surface area contributed by atoms with E-state index in [1.165, 1.54) is 0 Å². The lowest BCUT2D eigenvalue weighted by molar-refractivity contribution is -0.00508. The van der Waals surface area contributed by atoms with Crippen LogP contribution in [0.5, 0.6) is 0 Å². The topological polar surface area (TPSA) is 41.5 Å². The van der Waals surface area contributed by atoms with Crippen LogP contribution in [0.1, 0.15) is 12.8 Å². The highest BCUT2D eigenvalue weighted by molar-refractivity contribution is 4.69.